The predicted octanol–water partition coefficient (Wildman–Crippen LogP) is 3.20. The lowest BCUT2D eigenvalue weighted by atomic mass is 10.1. The standard InChI is InChI=1S/C14H18FNO/c1-10(16-12-5-3-4-6-12)11-7-8-14(17-2)13(15)9-11/h3-4,7-10,12,16H,5-6H2,1-2H3. The number of hydrogen-bond acceptors (Lipinski definition) is 2. The molecule has 0 aliphatic heterocycles. The zero-order valence-electron chi connectivity index (χ0n) is 10.2. The van der Waals surface area contributed by atoms with Crippen molar-refractivity contribution in [3.05, 3.63) is 41.7 Å². The topological polar surface area (TPSA) is 21.3 Å². The Bertz CT molecular complexity index is 409. The van der Waals surface area contributed by atoms with E-state index >= 15 is 0 Å². The van der Waals surface area contributed by atoms with E-state index in [0.717, 1.165) is 18.4 Å². The van der Waals surface area contributed by atoms with Gasteiger partial charge in [-0.15, -0.1) is 0 Å². The normalized spacial score (nSPS) is 17.4. The van der Waals surface area contributed by atoms with E-state index in [0.29, 0.717) is 11.8 Å². The molecule has 1 aromatic carbocycles. The summed E-state index contributed by atoms with van der Waals surface area (Å²) >= 11 is 0. The minimum absolute atomic E-state index is 0.153. The molecule has 0 fully saturated rings. The molecule has 17 heavy (non-hydrogen) atoms. The van der Waals surface area contributed by atoms with Crippen LogP contribution in [-0.4, -0.2) is 13.2 Å². The van der Waals surface area contributed by atoms with Gasteiger partial charge < -0.3 is 10.1 Å². The molecular formula is C14H18FNO. The van der Waals surface area contributed by atoms with Crippen molar-refractivity contribution < 1.29 is 9.13 Å². The van der Waals surface area contributed by atoms with Gasteiger partial charge in [-0.1, -0.05) is 18.2 Å². The van der Waals surface area contributed by atoms with Crippen LogP contribution in [0.2, 0.25) is 0 Å². The van der Waals surface area contributed by atoms with Gasteiger partial charge in [-0.25, -0.2) is 4.39 Å². The van der Waals surface area contributed by atoms with E-state index in [1.807, 2.05) is 6.07 Å². The molecule has 1 aromatic rings. The first-order valence-electron chi connectivity index (χ1n) is 5.95. The summed E-state index contributed by atoms with van der Waals surface area (Å²) in [4.78, 5) is 0. The van der Waals surface area contributed by atoms with Gasteiger partial charge in [0.15, 0.2) is 11.6 Å². The number of halogens is 1. The van der Waals surface area contributed by atoms with Crippen LogP contribution in [-0.2, 0) is 0 Å². The van der Waals surface area contributed by atoms with Crippen molar-refractivity contribution in [3.63, 3.8) is 0 Å². The summed E-state index contributed by atoms with van der Waals surface area (Å²) in [6.07, 6.45) is 6.48. The van der Waals surface area contributed by atoms with Crippen LogP contribution in [0.25, 0.3) is 0 Å². The highest BCUT2D eigenvalue weighted by atomic mass is 19.1. The zero-order valence-corrected chi connectivity index (χ0v) is 10.2. The number of benzene rings is 1. The van der Waals surface area contributed by atoms with E-state index in [-0.39, 0.29) is 11.9 Å². The van der Waals surface area contributed by atoms with Crippen molar-refractivity contribution in [2.75, 3.05) is 7.11 Å². The van der Waals surface area contributed by atoms with Crippen molar-refractivity contribution in [2.24, 2.45) is 0 Å². The Hall–Kier alpha value is -1.35. The summed E-state index contributed by atoms with van der Waals surface area (Å²) in [6, 6.07) is 5.76. The van der Waals surface area contributed by atoms with Crippen LogP contribution in [0.3, 0.4) is 0 Å². The third kappa shape index (κ3) is 2.86. The summed E-state index contributed by atoms with van der Waals surface area (Å²) < 4.78 is 18.5. The lowest BCUT2D eigenvalue weighted by molar-refractivity contribution is 0.385. The first-order valence-corrected chi connectivity index (χ1v) is 5.95. The van der Waals surface area contributed by atoms with E-state index < -0.39 is 0 Å². The Morgan fingerprint density at radius 2 is 2.06 bits per heavy atom. The maximum absolute atomic E-state index is 13.6. The number of nitrogens with one attached hydrogen (secondary N) is 1. The number of methoxy groups -OCH3 is 1. The molecule has 0 heterocycles. The smallest absolute Gasteiger partial charge is 0.165 e. The van der Waals surface area contributed by atoms with Gasteiger partial charge in [0, 0.05) is 12.1 Å². The molecule has 0 spiro atoms. The third-order valence-electron chi connectivity index (χ3n) is 3.17. The summed E-state index contributed by atoms with van der Waals surface area (Å²) in [5, 5.41) is 3.49. The fourth-order valence-electron chi connectivity index (χ4n) is 2.16. The lowest BCUT2D eigenvalue weighted by Crippen LogP contribution is -2.29. The van der Waals surface area contributed by atoms with Gasteiger partial charge in [0.2, 0.25) is 0 Å². The Labute approximate surface area is 101 Å². The molecule has 92 valence electrons. The van der Waals surface area contributed by atoms with E-state index in [4.69, 9.17) is 4.74 Å². The van der Waals surface area contributed by atoms with E-state index in [9.17, 15) is 4.39 Å². The summed E-state index contributed by atoms with van der Waals surface area (Å²) in [7, 11) is 1.48. The molecule has 0 amide bonds. The van der Waals surface area contributed by atoms with Crippen LogP contribution < -0.4 is 10.1 Å². The van der Waals surface area contributed by atoms with Gasteiger partial charge in [0.25, 0.3) is 0 Å². The quantitative estimate of drug-likeness (QED) is 0.809. The average molecular weight is 235 g/mol. The summed E-state index contributed by atoms with van der Waals surface area (Å²) in [5.41, 5.74) is 0.954. The molecule has 1 aliphatic carbocycles. The molecule has 1 aliphatic rings. The van der Waals surface area contributed by atoms with Crippen molar-refractivity contribution in [2.45, 2.75) is 31.8 Å². The van der Waals surface area contributed by atoms with Crippen LogP contribution in [0.15, 0.2) is 30.4 Å². The largest absolute Gasteiger partial charge is 0.494 e. The minimum atomic E-state index is -0.303. The summed E-state index contributed by atoms with van der Waals surface area (Å²) in [6.45, 7) is 2.06. The van der Waals surface area contributed by atoms with Gasteiger partial charge in [-0.05, 0) is 37.5 Å². The lowest BCUT2D eigenvalue weighted by Gasteiger charge is -2.20. The molecule has 0 saturated heterocycles. The zero-order chi connectivity index (χ0) is 12.3. The first kappa shape index (κ1) is 12.1. The Kier molecular flexibility index (Phi) is 3.79. The summed E-state index contributed by atoms with van der Waals surface area (Å²) in [5.74, 6) is -0.00770. The molecule has 0 bridgehead atoms. The van der Waals surface area contributed by atoms with E-state index in [2.05, 4.69) is 24.4 Å². The maximum Gasteiger partial charge on any atom is 0.165 e. The van der Waals surface area contributed by atoms with Gasteiger partial charge in [0.1, 0.15) is 0 Å². The molecule has 3 heteroatoms. The molecule has 1 unspecified atom stereocenters. The van der Waals surface area contributed by atoms with Crippen molar-refractivity contribution in [1.29, 1.82) is 0 Å². The molecule has 0 aromatic heterocycles. The van der Waals surface area contributed by atoms with Gasteiger partial charge in [0.05, 0.1) is 7.11 Å². The van der Waals surface area contributed by atoms with Crippen LogP contribution >= 0.6 is 0 Å². The highest BCUT2D eigenvalue weighted by Crippen LogP contribution is 2.23. The molecule has 2 rings (SSSR count). The van der Waals surface area contributed by atoms with Crippen molar-refractivity contribution in [3.8, 4) is 5.75 Å². The van der Waals surface area contributed by atoms with Crippen LogP contribution in [0.5, 0.6) is 5.75 Å². The first-order chi connectivity index (χ1) is 8.20. The Morgan fingerprint density at radius 1 is 1.35 bits per heavy atom. The molecule has 0 radical (unpaired) electrons. The maximum atomic E-state index is 13.6. The molecule has 1 N–H and O–H groups in total. The van der Waals surface area contributed by atoms with Gasteiger partial charge in [-0.3, -0.25) is 0 Å². The number of rotatable bonds is 4. The van der Waals surface area contributed by atoms with Crippen LogP contribution in [0.4, 0.5) is 4.39 Å². The highest BCUT2D eigenvalue weighted by Gasteiger charge is 2.15. The Morgan fingerprint density at radius 3 is 2.65 bits per heavy atom. The second-order valence-corrected chi connectivity index (χ2v) is 4.42. The highest BCUT2D eigenvalue weighted by molar-refractivity contribution is 5.30. The van der Waals surface area contributed by atoms with E-state index in [1.165, 1.54) is 7.11 Å². The van der Waals surface area contributed by atoms with Crippen LogP contribution in [0, 0.1) is 5.82 Å². The monoisotopic (exact) mass is 235 g/mol. The predicted molar refractivity (Wildman–Crippen MR) is 66.7 cm³/mol. The number of ether oxygens (including phenoxy) is 1. The molecular weight excluding hydrogens is 217 g/mol. The molecule has 0 saturated carbocycles. The van der Waals surface area contributed by atoms with Crippen molar-refractivity contribution >= 4 is 0 Å². The Balaban J connectivity index is 2.03. The number of hydrogen-bond donors (Lipinski definition) is 1. The minimum Gasteiger partial charge on any atom is -0.494 e. The fourth-order valence-corrected chi connectivity index (χ4v) is 2.16. The second kappa shape index (κ2) is 5.32. The van der Waals surface area contributed by atoms with Crippen LogP contribution in [0.1, 0.15) is 31.4 Å². The molecule has 2 nitrogen and oxygen atoms in total. The SMILES string of the molecule is COc1ccc(C(C)NC2CC=CC2)cc1F. The van der Waals surface area contributed by atoms with Gasteiger partial charge in [-0.2, -0.15) is 0 Å². The average Bonchev–Trinajstić information content (AvgIpc) is 2.81. The molecule has 1 atom stereocenters. The van der Waals surface area contributed by atoms with Gasteiger partial charge >= 0.3 is 0 Å². The van der Waals surface area contributed by atoms with E-state index in [1.54, 1.807) is 12.1 Å². The second-order valence-electron chi connectivity index (χ2n) is 4.42. The fraction of sp³-hybridized carbons (Fsp3) is 0.429. The van der Waals surface area contributed by atoms with Crippen molar-refractivity contribution in [1.82, 2.24) is 5.32 Å². The third-order valence-corrected chi connectivity index (χ3v) is 3.17.